The summed E-state index contributed by atoms with van der Waals surface area (Å²) in [7, 11) is 0. The summed E-state index contributed by atoms with van der Waals surface area (Å²) in [5.41, 5.74) is 2.34. The number of anilines is 2. The Morgan fingerprint density at radius 2 is 2.14 bits per heavy atom. The van der Waals surface area contributed by atoms with E-state index in [2.05, 4.69) is 34.4 Å². The van der Waals surface area contributed by atoms with Gasteiger partial charge in [-0.15, -0.1) is 11.3 Å². The third kappa shape index (κ3) is 4.01. The molecule has 21 heavy (non-hydrogen) atoms. The number of thiazole rings is 1. The lowest BCUT2D eigenvalue weighted by atomic mass is 10.3. The Bertz CT molecular complexity index is 607. The number of aromatic nitrogens is 2. The quantitative estimate of drug-likeness (QED) is 0.857. The Hall–Kier alpha value is -1.95. The van der Waals surface area contributed by atoms with Crippen LogP contribution in [-0.2, 0) is 6.42 Å². The van der Waals surface area contributed by atoms with Crippen LogP contribution in [0, 0.1) is 6.92 Å². The summed E-state index contributed by atoms with van der Waals surface area (Å²) in [5, 5.41) is 6.66. The van der Waals surface area contributed by atoms with Crippen molar-refractivity contribution in [2.24, 2.45) is 0 Å². The molecule has 5 nitrogen and oxygen atoms in total. The topological polar surface area (TPSA) is 66.9 Å². The molecule has 1 amide bonds. The summed E-state index contributed by atoms with van der Waals surface area (Å²) >= 11 is 1.49. The van der Waals surface area contributed by atoms with E-state index < -0.39 is 0 Å². The molecule has 0 bridgehead atoms. The number of rotatable bonds is 6. The number of carbonyl (C=O) groups excluding carboxylic acids is 1. The van der Waals surface area contributed by atoms with Crippen molar-refractivity contribution >= 4 is 28.1 Å². The van der Waals surface area contributed by atoms with E-state index in [4.69, 9.17) is 0 Å². The second-order valence-electron chi connectivity index (χ2n) is 4.69. The highest BCUT2D eigenvalue weighted by Crippen LogP contribution is 2.22. The first-order valence-electron chi connectivity index (χ1n) is 7.11. The first kappa shape index (κ1) is 15.4. The summed E-state index contributed by atoms with van der Waals surface area (Å²) in [5.74, 6) is -0.228. The third-order valence-corrected chi connectivity index (χ3v) is 3.95. The summed E-state index contributed by atoms with van der Waals surface area (Å²) in [4.78, 5) is 21.8. The van der Waals surface area contributed by atoms with E-state index >= 15 is 0 Å². The van der Waals surface area contributed by atoms with Crippen LogP contribution < -0.4 is 10.6 Å². The van der Waals surface area contributed by atoms with Gasteiger partial charge in [0.05, 0.1) is 17.6 Å². The molecule has 0 aliphatic carbocycles. The van der Waals surface area contributed by atoms with Crippen LogP contribution in [0.15, 0.2) is 18.3 Å². The molecule has 0 aliphatic heterocycles. The van der Waals surface area contributed by atoms with Crippen molar-refractivity contribution in [2.45, 2.75) is 33.6 Å². The summed E-state index contributed by atoms with van der Waals surface area (Å²) in [6.07, 6.45) is 3.59. The fourth-order valence-electron chi connectivity index (χ4n) is 1.87. The third-order valence-electron chi connectivity index (χ3n) is 3.02. The molecule has 6 heteroatoms. The van der Waals surface area contributed by atoms with Gasteiger partial charge in [-0.3, -0.25) is 10.1 Å². The van der Waals surface area contributed by atoms with Gasteiger partial charge < -0.3 is 5.32 Å². The van der Waals surface area contributed by atoms with Crippen molar-refractivity contribution in [1.82, 2.24) is 9.97 Å². The second-order valence-corrected chi connectivity index (χ2v) is 5.89. The molecule has 0 aromatic carbocycles. The maximum absolute atomic E-state index is 12.1. The van der Waals surface area contributed by atoms with Crippen LogP contribution in [0.4, 0.5) is 10.8 Å². The Labute approximate surface area is 128 Å². The molecule has 2 heterocycles. The number of pyridine rings is 1. The van der Waals surface area contributed by atoms with Crippen molar-refractivity contribution in [1.29, 1.82) is 0 Å². The van der Waals surface area contributed by atoms with E-state index in [1.807, 2.05) is 13.0 Å². The number of nitrogens with one attached hydrogen (secondary N) is 2. The lowest BCUT2D eigenvalue weighted by molar-refractivity contribution is 0.102. The molecule has 2 aromatic heterocycles. The Morgan fingerprint density at radius 1 is 1.33 bits per heavy atom. The van der Waals surface area contributed by atoms with Gasteiger partial charge in [0.2, 0.25) is 0 Å². The number of hydrogen-bond acceptors (Lipinski definition) is 5. The molecule has 0 spiro atoms. The zero-order chi connectivity index (χ0) is 15.2. The van der Waals surface area contributed by atoms with Crippen molar-refractivity contribution in [3.63, 3.8) is 0 Å². The van der Waals surface area contributed by atoms with Crippen LogP contribution in [0.25, 0.3) is 0 Å². The highest BCUT2D eigenvalue weighted by atomic mass is 32.1. The lowest BCUT2D eigenvalue weighted by Crippen LogP contribution is -2.13. The molecule has 0 unspecified atom stereocenters. The van der Waals surface area contributed by atoms with E-state index in [1.165, 1.54) is 11.3 Å². The number of nitrogens with zero attached hydrogens (tertiary/aromatic N) is 2. The average molecular weight is 304 g/mol. The van der Waals surface area contributed by atoms with E-state index in [1.54, 1.807) is 12.3 Å². The van der Waals surface area contributed by atoms with Gasteiger partial charge in [-0.2, -0.15) is 0 Å². The first-order valence-corrected chi connectivity index (χ1v) is 7.93. The van der Waals surface area contributed by atoms with Crippen molar-refractivity contribution < 1.29 is 4.79 Å². The normalized spacial score (nSPS) is 10.4. The van der Waals surface area contributed by atoms with E-state index in [0.29, 0.717) is 10.8 Å². The minimum absolute atomic E-state index is 0.228. The number of aryl methyl sites for hydroxylation is 2. The van der Waals surface area contributed by atoms with E-state index in [-0.39, 0.29) is 5.91 Å². The van der Waals surface area contributed by atoms with Crippen LogP contribution in [0.1, 0.15) is 41.3 Å². The molecule has 0 saturated carbocycles. The molecule has 2 aromatic rings. The molecule has 112 valence electrons. The Balaban J connectivity index is 2.02. The molecule has 2 rings (SSSR count). The van der Waals surface area contributed by atoms with Crippen LogP contribution in [-0.4, -0.2) is 22.4 Å². The first-order chi connectivity index (χ1) is 10.1. The number of amides is 1. The predicted octanol–water partition coefficient (Wildman–Crippen LogP) is 3.48. The Kier molecular flexibility index (Phi) is 5.27. The predicted molar refractivity (Wildman–Crippen MR) is 87.2 cm³/mol. The smallest absolute Gasteiger partial charge is 0.276 e. The number of carbonyl (C=O) groups is 1. The molecule has 0 aliphatic rings. The van der Waals surface area contributed by atoms with Gasteiger partial charge in [-0.25, -0.2) is 9.97 Å². The minimum Gasteiger partial charge on any atom is -0.384 e. The monoisotopic (exact) mass is 304 g/mol. The van der Waals surface area contributed by atoms with Crippen molar-refractivity contribution in [2.75, 3.05) is 17.2 Å². The molecule has 0 saturated heterocycles. The molecule has 0 radical (unpaired) electrons. The van der Waals surface area contributed by atoms with Gasteiger partial charge in [0.25, 0.3) is 5.91 Å². The fourth-order valence-corrected chi connectivity index (χ4v) is 2.77. The summed E-state index contributed by atoms with van der Waals surface area (Å²) < 4.78 is 0. The zero-order valence-electron chi connectivity index (χ0n) is 12.6. The Morgan fingerprint density at radius 3 is 2.71 bits per heavy atom. The van der Waals surface area contributed by atoms with Gasteiger partial charge >= 0.3 is 0 Å². The second kappa shape index (κ2) is 7.17. The van der Waals surface area contributed by atoms with E-state index in [0.717, 1.165) is 35.6 Å². The maximum Gasteiger partial charge on any atom is 0.276 e. The number of hydrogen-bond donors (Lipinski definition) is 2. The largest absolute Gasteiger partial charge is 0.384 e. The van der Waals surface area contributed by atoms with Crippen LogP contribution in [0.2, 0.25) is 0 Å². The van der Waals surface area contributed by atoms with Gasteiger partial charge in [-0.1, -0.05) is 13.8 Å². The highest BCUT2D eigenvalue weighted by molar-refractivity contribution is 7.15. The van der Waals surface area contributed by atoms with Crippen LogP contribution in [0.5, 0.6) is 0 Å². The fraction of sp³-hybridized carbons (Fsp3) is 0.400. The molecular formula is C15H20N4OS. The SMILES string of the molecule is CCCNc1ccc(C(=O)Nc2nc(CC)c(C)s2)nc1. The maximum atomic E-state index is 12.1. The zero-order valence-corrected chi connectivity index (χ0v) is 13.4. The minimum atomic E-state index is -0.228. The van der Waals surface area contributed by atoms with Gasteiger partial charge in [0, 0.05) is 11.4 Å². The molecular weight excluding hydrogens is 284 g/mol. The summed E-state index contributed by atoms with van der Waals surface area (Å²) in [6.45, 7) is 7.06. The average Bonchev–Trinajstić information content (AvgIpc) is 2.85. The van der Waals surface area contributed by atoms with E-state index in [9.17, 15) is 4.79 Å². The van der Waals surface area contributed by atoms with Crippen LogP contribution in [0.3, 0.4) is 0 Å². The molecule has 0 atom stereocenters. The molecule has 0 fully saturated rings. The molecule has 2 N–H and O–H groups in total. The lowest BCUT2D eigenvalue weighted by Gasteiger charge is -2.05. The van der Waals surface area contributed by atoms with Gasteiger partial charge in [0.1, 0.15) is 5.69 Å². The van der Waals surface area contributed by atoms with Crippen molar-refractivity contribution in [3.8, 4) is 0 Å². The van der Waals surface area contributed by atoms with Gasteiger partial charge in [0.15, 0.2) is 5.13 Å². The van der Waals surface area contributed by atoms with Gasteiger partial charge in [-0.05, 0) is 31.9 Å². The standard InChI is InChI=1S/C15H20N4OS/c1-4-8-16-11-6-7-13(17-9-11)14(20)19-15-18-12(5-2)10(3)21-15/h6-7,9,16H,4-5,8H2,1-3H3,(H,18,19,20). The van der Waals surface area contributed by atoms with Crippen molar-refractivity contribution in [3.05, 3.63) is 34.6 Å². The van der Waals surface area contributed by atoms with Crippen LogP contribution >= 0.6 is 11.3 Å². The highest BCUT2D eigenvalue weighted by Gasteiger charge is 2.12. The summed E-state index contributed by atoms with van der Waals surface area (Å²) in [6, 6.07) is 3.58.